The standard InChI is InChI=1S/C20H17NO3/c1-24-19-10-6-5-9-17(19)21-18-13-15(11-12-16(18)20(22)23)14-7-3-2-4-8-14/h2-13,21H,1H3,(H,22,23). The van der Waals surface area contributed by atoms with E-state index in [4.69, 9.17) is 4.74 Å². The third-order valence-electron chi connectivity index (χ3n) is 3.73. The Bertz CT molecular complexity index is 860. The van der Waals surface area contributed by atoms with Gasteiger partial charge in [0.2, 0.25) is 0 Å². The number of para-hydroxylation sites is 2. The van der Waals surface area contributed by atoms with Crippen LogP contribution < -0.4 is 10.1 Å². The maximum Gasteiger partial charge on any atom is 0.337 e. The lowest BCUT2D eigenvalue weighted by molar-refractivity contribution is 0.0698. The van der Waals surface area contributed by atoms with Crippen molar-refractivity contribution in [2.24, 2.45) is 0 Å². The van der Waals surface area contributed by atoms with Crippen molar-refractivity contribution in [3.63, 3.8) is 0 Å². The highest BCUT2D eigenvalue weighted by molar-refractivity contribution is 5.96. The molecule has 120 valence electrons. The molecule has 3 aromatic carbocycles. The molecule has 24 heavy (non-hydrogen) atoms. The highest BCUT2D eigenvalue weighted by atomic mass is 16.5. The second-order valence-corrected chi connectivity index (χ2v) is 5.26. The average Bonchev–Trinajstić information content (AvgIpc) is 2.62. The maximum absolute atomic E-state index is 11.5. The molecule has 0 aliphatic heterocycles. The Morgan fingerprint density at radius 3 is 2.29 bits per heavy atom. The summed E-state index contributed by atoms with van der Waals surface area (Å²) in [6, 6.07) is 22.5. The van der Waals surface area contributed by atoms with E-state index in [0.717, 1.165) is 11.1 Å². The lowest BCUT2D eigenvalue weighted by Gasteiger charge is -2.14. The fraction of sp³-hybridized carbons (Fsp3) is 0.0500. The molecule has 4 heteroatoms. The van der Waals surface area contributed by atoms with Gasteiger partial charge in [0, 0.05) is 0 Å². The van der Waals surface area contributed by atoms with Crippen LogP contribution in [0.5, 0.6) is 5.75 Å². The molecule has 0 atom stereocenters. The van der Waals surface area contributed by atoms with E-state index in [1.165, 1.54) is 0 Å². The molecule has 0 aliphatic carbocycles. The van der Waals surface area contributed by atoms with E-state index >= 15 is 0 Å². The largest absolute Gasteiger partial charge is 0.495 e. The second-order valence-electron chi connectivity index (χ2n) is 5.26. The number of hydrogen-bond donors (Lipinski definition) is 2. The van der Waals surface area contributed by atoms with Gasteiger partial charge in [0.1, 0.15) is 5.75 Å². The number of anilines is 2. The maximum atomic E-state index is 11.5. The van der Waals surface area contributed by atoms with Crippen LogP contribution >= 0.6 is 0 Å². The van der Waals surface area contributed by atoms with Crippen LogP contribution in [-0.2, 0) is 0 Å². The molecule has 0 heterocycles. The zero-order valence-corrected chi connectivity index (χ0v) is 13.2. The first kappa shape index (κ1) is 15.6. The fourth-order valence-electron chi connectivity index (χ4n) is 2.54. The number of carboxylic acid groups (broad SMARTS) is 1. The third-order valence-corrected chi connectivity index (χ3v) is 3.73. The quantitative estimate of drug-likeness (QED) is 0.709. The second kappa shape index (κ2) is 6.87. The van der Waals surface area contributed by atoms with Crippen LogP contribution in [0, 0.1) is 0 Å². The predicted molar refractivity (Wildman–Crippen MR) is 95.1 cm³/mol. The van der Waals surface area contributed by atoms with Crippen molar-refractivity contribution < 1.29 is 14.6 Å². The monoisotopic (exact) mass is 319 g/mol. The molecule has 0 bridgehead atoms. The molecule has 0 saturated heterocycles. The first-order chi connectivity index (χ1) is 11.7. The van der Waals surface area contributed by atoms with Crippen molar-refractivity contribution in [2.75, 3.05) is 12.4 Å². The van der Waals surface area contributed by atoms with Crippen molar-refractivity contribution >= 4 is 17.3 Å². The minimum atomic E-state index is -0.980. The summed E-state index contributed by atoms with van der Waals surface area (Å²) >= 11 is 0. The first-order valence-electron chi connectivity index (χ1n) is 7.52. The van der Waals surface area contributed by atoms with Crippen LogP contribution in [0.2, 0.25) is 0 Å². The van der Waals surface area contributed by atoms with Gasteiger partial charge in [-0.25, -0.2) is 4.79 Å². The number of benzene rings is 3. The van der Waals surface area contributed by atoms with Crippen molar-refractivity contribution in [1.29, 1.82) is 0 Å². The van der Waals surface area contributed by atoms with Gasteiger partial charge < -0.3 is 15.2 Å². The number of carboxylic acids is 1. The van der Waals surface area contributed by atoms with Gasteiger partial charge in [-0.1, -0.05) is 48.5 Å². The molecule has 3 rings (SSSR count). The summed E-state index contributed by atoms with van der Waals surface area (Å²) in [7, 11) is 1.58. The smallest absolute Gasteiger partial charge is 0.337 e. The Balaban J connectivity index is 2.05. The van der Waals surface area contributed by atoms with Crippen LogP contribution in [0.4, 0.5) is 11.4 Å². The Morgan fingerprint density at radius 1 is 0.875 bits per heavy atom. The lowest BCUT2D eigenvalue weighted by atomic mass is 10.0. The number of aromatic carboxylic acids is 1. The number of hydrogen-bond acceptors (Lipinski definition) is 3. The van der Waals surface area contributed by atoms with E-state index in [2.05, 4.69) is 5.32 Å². The van der Waals surface area contributed by atoms with Crippen molar-refractivity contribution in [2.45, 2.75) is 0 Å². The first-order valence-corrected chi connectivity index (χ1v) is 7.52. The normalized spacial score (nSPS) is 10.2. The van der Waals surface area contributed by atoms with Gasteiger partial charge in [-0.15, -0.1) is 0 Å². The van der Waals surface area contributed by atoms with E-state index in [0.29, 0.717) is 17.1 Å². The zero-order valence-electron chi connectivity index (χ0n) is 13.2. The summed E-state index contributed by atoms with van der Waals surface area (Å²) in [5.41, 5.74) is 3.41. The molecule has 0 amide bonds. The van der Waals surface area contributed by atoms with E-state index in [1.807, 2.05) is 66.7 Å². The highest BCUT2D eigenvalue weighted by Gasteiger charge is 2.13. The van der Waals surface area contributed by atoms with Gasteiger partial charge in [-0.2, -0.15) is 0 Å². The van der Waals surface area contributed by atoms with Crippen LogP contribution in [0.1, 0.15) is 10.4 Å². The van der Waals surface area contributed by atoms with Gasteiger partial charge >= 0.3 is 5.97 Å². The third kappa shape index (κ3) is 3.22. The molecule has 0 radical (unpaired) electrons. The number of methoxy groups -OCH3 is 1. The van der Waals surface area contributed by atoms with Gasteiger partial charge in [0.25, 0.3) is 0 Å². The molecule has 0 spiro atoms. The van der Waals surface area contributed by atoms with E-state index < -0.39 is 5.97 Å². The molecular weight excluding hydrogens is 302 g/mol. The van der Waals surface area contributed by atoms with Gasteiger partial charge in [0.15, 0.2) is 0 Å². The molecule has 2 N–H and O–H groups in total. The van der Waals surface area contributed by atoms with E-state index in [9.17, 15) is 9.90 Å². The lowest BCUT2D eigenvalue weighted by Crippen LogP contribution is -2.03. The zero-order chi connectivity index (χ0) is 16.9. The SMILES string of the molecule is COc1ccccc1Nc1cc(-c2ccccc2)ccc1C(=O)O. The number of rotatable bonds is 5. The summed E-state index contributed by atoms with van der Waals surface area (Å²) in [4.78, 5) is 11.5. The Kier molecular flexibility index (Phi) is 4.47. The Labute approximate surface area is 140 Å². The Morgan fingerprint density at radius 2 is 1.58 bits per heavy atom. The molecule has 0 unspecified atom stereocenters. The topological polar surface area (TPSA) is 58.6 Å². The molecule has 0 aliphatic rings. The number of carbonyl (C=O) groups is 1. The molecule has 0 fully saturated rings. The van der Waals surface area contributed by atoms with E-state index in [-0.39, 0.29) is 5.56 Å². The van der Waals surface area contributed by atoms with Crippen LogP contribution in [0.3, 0.4) is 0 Å². The molecule has 3 aromatic rings. The predicted octanol–water partition coefficient (Wildman–Crippen LogP) is 4.80. The number of ether oxygens (including phenoxy) is 1. The minimum Gasteiger partial charge on any atom is -0.495 e. The average molecular weight is 319 g/mol. The van der Waals surface area contributed by atoms with Gasteiger partial charge in [0.05, 0.1) is 24.0 Å². The van der Waals surface area contributed by atoms with Crippen molar-refractivity contribution in [1.82, 2.24) is 0 Å². The van der Waals surface area contributed by atoms with Crippen molar-refractivity contribution in [3.8, 4) is 16.9 Å². The van der Waals surface area contributed by atoms with Crippen LogP contribution in [0.15, 0.2) is 72.8 Å². The van der Waals surface area contributed by atoms with Gasteiger partial charge in [-0.05, 0) is 35.4 Å². The van der Waals surface area contributed by atoms with Crippen molar-refractivity contribution in [3.05, 3.63) is 78.4 Å². The summed E-state index contributed by atoms with van der Waals surface area (Å²) in [6.45, 7) is 0. The summed E-state index contributed by atoms with van der Waals surface area (Å²) < 4.78 is 5.32. The summed E-state index contributed by atoms with van der Waals surface area (Å²) in [5.74, 6) is -0.328. The van der Waals surface area contributed by atoms with E-state index in [1.54, 1.807) is 13.2 Å². The van der Waals surface area contributed by atoms with Crippen LogP contribution in [0.25, 0.3) is 11.1 Å². The Hall–Kier alpha value is -3.27. The fourth-order valence-corrected chi connectivity index (χ4v) is 2.54. The summed E-state index contributed by atoms with van der Waals surface area (Å²) in [5, 5.41) is 12.6. The number of nitrogens with one attached hydrogen (secondary N) is 1. The minimum absolute atomic E-state index is 0.209. The van der Waals surface area contributed by atoms with Gasteiger partial charge in [-0.3, -0.25) is 0 Å². The molecular formula is C20H17NO3. The molecule has 0 saturated carbocycles. The van der Waals surface area contributed by atoms with Crippen LogP contribution in [-0.4, -0.2) is 18.2 Å². The summed E-state index contributed by atoms with van der Waals surface area (Å²) in [6.07, 6.45) is 0. The highest BCUT2D eigenvalue weighted by Crippen LogP contribution is 2.31. The molecule has 0 aromatic heterocycles. The molecule has 4 nitrogen and oxygen atoms in total.